The van der Waals surface area contributed by atoms with Crippen molar-refractivity contribution < 1.29 is 0 Å². The first-order valence-corrected chi connectivity index (χ1v) is 7.62. The van der Waals surface area contributed by atoms with E-state index >= 15 is 0 Å². The van der Waals surface area contributed by atoms with Crippen molar-refractivity contribution in [3.63, 3.8) is 0 Å². The molecule has 5 heteroatoms. The van der Waals surface area contributed by atoms with Gasteiger partial charge in [-0.25, -0.2) is 0 Å². The number of anilines is 1. The van der Waals surface area contributed by atoms with E-state index in [1.165, 1.54) is 31.5 Å². The largest absolute Gasteiger partial charge is 0.398 e. The van der Waals surface area contributed by atoms with Gasteiger partial charge in [-0.05, 0) is 49.6 Å². The van der Waals surface area contributed by atoms with E-state index in [1.807, 2.05) is 24.3 Å². The molecule has 0 saturated heterocycles. The second-order valence-electron chi connectivity index (χ2n) is 5.36. The molecule has 2 aliphatic carbocycles. The Bertz CT molecular complexity index is 614. The molecule has 0 bridgehead atoms. The topological polar surface area (TPSA) is 56.7 Å². The first kappa shape index (κ1) is 11.3. The number of aromatic nitrogens is 3. The number of nitrogen functional groups attached to an aromatic ring is 1. The zero-order valence-electron chi connectivity index (χ0n) is 10.6. The molecule has 1 aromatic carbocycles. The molecule has 0 spiro atoms. The maximum Gasteiger partial charge on any atom is 0.196 e. The highest BCUT2D eigenvalue weighted by Gasteiger charge is 2.36. The zero-order valence-corrected chi connectivity index (χ0v) is 11.4. The summed E-state index contributed by atoms with van der Waals surface area (Å²) in [5.74, 6) is 1.84. The maximum atomic E-state index is 6.01. The van der Waals surface area contributed by atoms with Crippen LogP contribution in [0.25, 0.3) is 0 Å². The number of hydrogen-bond acceptors (Lipinski definition) is 4. The third-order valence-corrected chi connectivity index (χ3v) is 4.72. The van der Waals surface area contributed by atoms with Crippen LogP contribution in [0.4, 0.5) is 5.69 Å². The summed E-state index contributed by atoms with van der Waals surface area (Å²) in [5.41, 5.74) is 6.82. The number of para-hydroxylation sites is 1. The van der Waals surface area contributed by atoms with Crippen molar-refractivity contribution in [1.82, 2.24) is 14.8 Å². The van der Waals surface area contributed by atoms with E-state index in [4.69, 9.17) is 5.73 Å². The molecule has 98 valence electrons. The zero-order chi connectivity index (χ0) is 12.8. The van der Waals surface area contributed by atoms with Gasteiger partial charge in [-0.1, -0.05) is 12.1 Å². The highest BCUT2D eigenvalue weighted by atomic mass is 32.2. The summed E-state index contributed by atoms with van der Waals surface area (Å²) in [7, 11) is 0. The molecule has 0 aliphatic heterocycles. The molecule has 2 fully saturated rings. The normalized spacial score (nSPS) is 18.7. The maximum absolute atomic E-state index is 6.01. The standard InChI is InChI=1S/C14H16N4S/c15-11-3-1-2-4-12(11)19-14-17-16-13(9-5-6-9)18(14)10-7-8-10/h1-4,9-10H,5-8,15H2. The fraction of sp³-hybridized carbons (Fsp3) is 0.429. The molecule has 4 rings (SSSR count). The Labute approximate surface area is 116 Å². The molecule has 4 nitrogen and oxygen atoms in total. The fourth-order valence-electron chi connectivity index (χ4n) is 2.33. The van der Waals surface area contributed by atoms with Crippen LogP contribution in [0.2, 0.25) is 0 Å². The van der Waals surface area contributed by atoms with Crippen LogP contribution in [0.3, 0.4) is 0 Å². The predicted octanol–water partition coefficient (Wildman–Crippen LogP) is 3.22. The number of benzene rings is 1. The minimum absolute atomic E-state index is 0.623. The number of nitrogens with two attached hydrogens (primary N) is 1. The number of rotatable bonds is 4. The Balaban J connectivity index is 1.69. The minimum Gasteiger partial charge on any atom is -0.398 e. The third kappa shape index (κ3) is 2.12. The summed E-state index contributed by atoms with van der Waals surface area (Å²) in [6.45, 7) is 0. The lowest BCUT2D eigenvalue weighted by molar-refractivity contribution is 0.627. The van der Waals surface area contributed by atoms with Gasteiger partial charge < -0.3 is 10.3 Å². The highest BCUT2D eigenvalue weighted by molar-refractivity contribution is 7.99. The Hall–Kier alpha value is -1.49. The second kappa shape index (κ2) is 4.27. The molecule has 2 N–H and O–H groups in total. The summed E-state index contributed by atoms with van der Waals surface area (Å²) in [6, 6.07) is 8.57. The molecule has 0 atom stereocenters. The molecule has 0 radical (unpaired) electrons. The first-order chi connectivity index (χ1) is 9.33. The van der Waals surface area contributed by atoms with Crippen molar-refractivity contribution in [3.05, 3.63) is 30.1 Å². The molecule has 0 amide bonds. The molecule has 2 aliphatic rings. The average Bonchev–Trinajstić information content (AvgIpc) is 3.32. The van der Waals surface area contributed by atoms with E-state index in [0.717, 1.165) is 15.7 Å². The summed E-state index contributed by atoms with van der Waals surface area (Å²) in [6.07, 6.45) is 5.05. The van der Waals surface area contributed by atoms with Crippen molar-refractivity contribution in [2.45, 2.75) is 47.7 Å². The molecule has 1 aromatic heterocycles. The van der Waals surface area contributed by atoms with Crippen LogP contribution < -0.4 is 5.73 Å². The average molecular weight is 272 g/mol. The molecule has 1 heterocycles. The van der Waals surface area contributed by atoms with E-state index in [9.17, 15) is 0 Å². The highest BCUT2D eigenvalue weighted by Crippen LogP contribution is 2.47. The summed E-state index contributed by atoms with van der Waals surface area (Å²) in [4.78, 5) is 1.07. The molecule has 2 aromatic rings. The lowest BCUT2D eigenvalue weighted by Crippen LogP contribution is -2.02. The summed E-state index contributed by atoms with van der Waals surface area (Å²) in [5, 5.41) is 9.81. The van der Waals surface area contributed by atoms with E-state index < -0.39 is 0 Å². The van der Waals surface area contributed by atoms with Crippen molar-refractivity contribution in [1.29, 1.82) is 0 Å². The van der Waals surface area contributed by atoms with Gasteiger partial charge in [-0.3, -0.25) is 0 Å². The quantitative estimate of drug-likeness (QED) is 0.868. The Morgan fingerprint density at radius 2 is 1.89 bits per heavy atom. The van der Waals surface area contributed by atoms with Crippen LogP contribution in [0, 0.1) is 0 Å². The third-order valence-electron chi connectivity index (χ3n) is 3.67. The molecular weight excluding hydrogens is 256 g/mol. The molecule has 0 unspecified atom stereocenters. The van der Waals surface area contributed by atoms with Crippen molar-refractivity contribution in [2.24, 2.45) is 0 Å². The van der Waals surface area contributed by atoms with Crippen LogP contribution in [0.5, 0.6) is 0 Å². The van der Waals surface area contributed by atoms with Crippen molar-refractivity contribution in [2.75, 3.05) is 5.73 Å². The monoisotopic (exact) mass is 272 g/mol. The molecule has 19 heavy (non-hydrogen) atoms. The van der Waals surface area contributed by atoms with Crippen LogP contribution in [0.1, 0.15) is 43.5 Å². The van der Waals surface area contributed by atoms with Gasteiger partial charge in [0.1, 0.15) is 5.82 Å². The predicted molar refractivity (Wildman–Crippen MR) is 75.2 cm³/mol. The SMILES string of the molecule is Nc1ccccc1Sc1nnc(C2CC2)n1C1CC1. The summed E-state index contributed by atoms with van der Waals surface area (Å²) < 4.78 is 2.36. The first-order valence-electron chi connectivity index (χ1n) is 6.80. The van der Waals surface area contributed by atoms with E-state index in [-0.39, 0.29) is 0 Å². The van der Waals surface area contributed by atoms with E-state index in [0.29, 0.717) is 12.0 Å². The Kier molecular flexibility index (Phi) is 2.55. The Morgan fingerprint density at radius 3 is 2.58 bits per heavy atom. The smallest absolute Gasteiger partial charge is 0.196 e. The van der Waals surface area contributed by atoms with E-state index in [1.54, 1.807) is 11.8 Å². The van der Waals surface area contributed by atoms with Gasteiger partial charge in [0.05, 0.1) is 0 Å². The van der Waals surface area contributed by atoms with Gasteiger partial charge >= 0.3 is 0 Å². The van der Waals surface area contributed by atoms with Crippen molar-refractivity contribution >= 4 is 17.4 Å². The van der Waals surface area contributed by atoms with Crippen LogP contribution in [0.15, 0.2) is 34.3 Å². The lowest BCUT2D eigenvalue weighted by atomic mass is 10.3. The minimum atomic E-state index is 0.623. The van der Waals surface area contributed by atoms with Gasteiger partial charge in [0, 0.05) is 22.5 Å². The van der Waals surface area contributed by atoms with Gasteiger partial charge in [-0.15, -0.1) is 10.2 Å². The van der Waals surface area contributed by atoms with Gasteiger partial charge in [0.15, 0.2) is 5.16 Å². The van der Waals surface area contributed by atoms with Gasteiger partial charge in [0.25, 0.3) is 0 Å². The molecule has 2 saturated carbocycles. The molecular formula is C14H16N4S. The van der Waals surface area contributed by atoms with Crippen LogP contribution >= 0.6 is 11.8 Å². The fourth-order valence-corrected chi connectivity index (χ4v) is 3.28. The van der Waals surface area contributed by atoms with Gasteiger partial charge in [-0.2, -0.15) is 0 Å². The Morgan fingerprint density at radius 1 is 1.11 bits per heavy atom. The second-order valence-corrected chi connectivity index (χ2v) is 6.37. The van der Waals surface area contributed by atoms with Crippen LogP contribution in [-0.2, 0) is 0 Å². The van der Waals surface area contributed by atoms with Crippen molar-refractivity contribution in [3.8, 4) is 0 Å². The number of hydrogen-bond donors (Lipinski definition) is 1. The lowest BCUT2D eigenvalue weighted by Gasteiger charge is -2.09. The van der Waals surface area contributed by atoms with Gasteiger partial charge in [0.2, 0.25) is 0 Å². The van der Waals surface area contributed by atoms with E-state index in [2.05, 4.69) is 14.8 Å². The van der Waals surface area contributed by atoms with Crippen LogP contribution in [-0.4, -0.2) is 14.8 Å². The number of nitrogens with zero attached hydrogens (tertiary/aromatic N) is 3. The summed E-state index contributed by atoms with van der Waals surface area (Å²) >= 11 is 1.64.